The lowest BCUT2D eigenvalue weighted by Gasteiger charge is -2.05. The van der Waals surface area contributed by atoms with Crippen LogP contribution in [0, 0.1) is 5.82 Å². The maximum atomic E-state index is 13.8. The molecule has 0 amide bonds. The van der Waals surface area contributed by atoms with E-state index in [2.05, 4.69) is 4.98 Å². The molecule has 3 aromatic rings. The van der Waals surface area contributed by atoms with E-state index in [0.717, 1.165) is 16.6 Å². The number of thiazole rings is 1. The summed E-state index contributed by atoms with van der Waals surface area (Å²) in [5, 5.41) is 2.66. The third-order valence-corrected chi connectivity index (χ3v) is 4.26. The second-order valence-corrected chi connectivity index (χ2v) is 5.79. The number of methoxy groups -OCH3 is 1. The molecule has 0 unspecified atom stereocenters. The lowest BCUT2D eigenvalue weighted by Crippen LogP contribution is -2.08. The van der Waals surface area contributed by atoms with Crippen LogP contribution in [0.1, 0.15) is 16.1 Å². The fraction of sp³-hybridized carbons (Fsp3) is 0.111. The summed E-state index contributed by atoms with van der Waals surface area (Å²) in [7, 11) is 1.43. The number of hydrogen-bond acceptors (Lipinski definition) is 5. The molecule has 0 aliphatic heterocycles. The minimum absolute atomic E-state index is 0.00631. The van der Waals surface area contributed by atoms with E-state index in [4.69, 9.17) is 9.47 Å². The number of esters is 1. The molecule has 0 saturated carbocycles. The number of rotatable bonds is 5. The van der Waals surface area contributed by atoms with Crippen molar-refractivity contribution in [3.05, 3.63) is 71.0 Å². The quantitative estimate of drug-likeness (QED) is 0.648. The summed E-state index contributed by atoms with van der Waals surface area (Å²) in [5.74, 6) is -1.07. The van der Waals surface area contributed by atoms with Gasteiger partial charge in [0.1, 0.15) is 23.2 Å². The highest BCUT2D eigenvalue weighted by Crippen LogP contribution is 2.24. The standard InChI is InChI=1S/C18H14FNO3S/c1-22-14-7-8-15(16(19)9-14)18(21)23-10-13-11-24-17(20-13)12-5-3-2-4-6-12/h2-9,11H,10H2,1H3. The summed E-state index contributed by atoms with van der Waals surface area (Å²) in [5.41, 5.74) is 1.50. The smallest absolute Gasteiger partial charge is 0.341 e. The minimum atomic E-state index is -0.732. The number of benzene rings is 2. The molecule has 0 aliphatic rings. The van der Waals surface area contributed by atoms with Crippen molar-refractivity contribution >= 4 is 17.3 Å². The first-order chi connectivity index (χ1) is 11.7. The number of hydrogen-bond donors (Lipinski definition) is 0. The van der Waals surface area contributed by atoms with E-state index >= 15 is 0 Å². The molecule has 122 valence electrons. The largest absolute Gasteiger partial charge is 0.497 e. The third-order valence-electron chi connectivity index (χ3n) is 3.32. The molecule has 4 nitrogen and oxygen atoms in total. The van der Waals surface area contributed by atoms with Crippen LogP contribution in [0.2, 0.25) is 0 Å². The maximum absolute atomic E-state index is 13.8. The maximum Gasteiger partial charge on any atom is 0.341 e. The van der Waals surface area contributed by atoms with E-state index < -0.39 is 11.8 Å². The number of nitrogens with zero attached hydrogens (tertiary/aromatic N) is 1. The number of aromatic nitrogens is 1. The van der Waals surface area contributed by atoms with Gasteiger partial charge in [0.05, 0.1) is 18.4 Å². The highest BCUT2D eigenvalue weighted by Gasteiger charge is 2.15. The van der Waals surface area contributed by atoms with Crippen LogP contribution in [0.4, 0.5) is 4.39 Å². The van der Waals surface area contributed by atoms with Gasteiger partial charge >= 0.3 is 5.97 Å². The number of carbonyl (C=O) groups excluding carboxylic acids is 1. The van der Waals surface area contributed by atoms with Gasteiger partial charge in [-0.25, -0.2) is 14.2 Å². The Balaban J connectivity index is 1.66. The van der Waals surface area contributed by atoms with Crippen LogP contribution in [0.15, 0.2) is 53.9 Å². The minimum Gasteiger partial charge on any atom is -0.497 e. The van der Waals surface area contributed by atoms with E-state index in [9.17, 15) is 9.18 Å². The summed E-state index contributed by atoms with van der Waals surface area (Å²) >= 11 is 1.47. The molecular weight excluding hydrogens is 329 g/mol. The number of halogens is 1. The first-order valence-corrected chi connectivity index (χ1v) is 8.06. The normalized spacial score (nSPS) is 10.4. The molecular formula is C18H14FNO3S. The van der Waals surface area contributed by atoms with E-state index in [1.807, 2.05) is 35.7 Å². The summed E-state index contributed by atoms with van der Waals surface area (Å²) in [6, 6.07) is 13.7. The fourth-order valence-electron chi connectivity index (χ4n) is 2.09. The highest BCUT2D eigenvalue weighted by atomic mass is 32.1. The van der Waals surface area contributed by atoms with Gasteiger partial charge in [-0.05, 0) is 12.1 Å². The van der Waals surface area contributed by atoms with Crippen LogP contribution >= 0.6 is 11.3 Å². The SMILES string of the molecule is COc1ccc(C(=O)OCc2csc(-c3ccccc3)n2)c(F)c1. The predicted octanol–water partition coefficient (Wildman–Crippen LogP) is 4.31. The zero-order valence-electron chi connectivity index (χ0n) is 12.9. The molecule has 6 heteroatoms. The molecule has 0 fully saturated rings. The molecule has 2 aromatic carbocycles. The first-order valence-electron chi connectivity index (χ1n) is 7.18. The Bertz CT molecular complexity index is 848. The third kappa shape index (κ3) is 3.60. The van der Waals surface area contributed by atoms with Gasteiger partial charge in [0.25, 0.3) is 0 Å². The lowest BCUT2D eigenvalue weighted by atomic mass is 10.2. The summed E-state index contributed by atoms with van der Waals surface area (Å²) in [6.07, 6.45) is 0. The highest BCUT2D eigenvalue weighted by molar-refractivity contribution is 7.13. The van der Waals surface area contributed by atoms with E-state index in [1.54, 1.807) is 0 Å². The molecule has 0 atom stereocenters. The topological polar surface area (TPSA) is 48.4 Å². The Labute approximate surface area is 142 Å². The van der Waals surface area contributed by atoms with Crippen LogP contribution in [-0.4, -0.2) is 18.1 Å². The molecule has 0 N–H and O–H groups in total. The molecule has 3 rings (SSSR count). The first kappa shape index (κ1) is 16.1. The Hall–Kier alpha value is -2.73. The number of ether oxygens (including phenoxy) is 2. The number of carbonyl (C=O) groups is 1. The second kappa shape index (κ2) is 7.23. The predicted molar refractivity (Wildman–Crippen MR) is 89.6 cm³/mol. The molecule has 0 bridgehead atoms. The van der Waals surface area contributed by atoms with Crippen molar-refractivity contribution < 1.29 is 18.7 Å². The molecule has 0 aliphatic carbocycles. The van der Waals surface area contributed by atoms with Gasteiger partial charge in [0.2, 0.25) is 0 Å². The molecule has 1 heterocycles. The zero-order valence-corrected chi connectivity index (χ0v) is 13.7. The Morgan fingerprint density at radius 2 is 2.00 bits per heavy atom. The van der Waals surface area contributed by atoms with E-state index in [1.165, 1.54) is 30.6 Å². The molecule has 0 saturated heterocycles. The summed E-state index contributed by atoms with van der Waals surface area (Å²) in [4.78, 5) is 16.4. The molecule has 0 radical (unpaired) electrons. The van der Waals surface area contributed by atoms with Crippen LogP contribution in [0.5, 0.6) is 5.75 Å². The fourth-order valence-corrected chi connectivity index (χ4v) is 2.90. The van der Waals surface area contributed by atoms with Gasteiger partial charge < -0.3 is 9.47 Å². The summed E-state index contributed by atoms with van der Waals surface area (Å²) < 4.78 is 23.9. The van der Waals surface area contributed by atoms with Crippen LogP contribution in [-0.2, 0) is 11.3 Å². The van der Waals surface area contributed by atoms with Crippen molar-refractivity contribution in [3.63, 3.8) is 0 Å². The van der Waals surface area contributed by atoms with Crippen molar-refractivity contribution in [1.29, 1.82) is 0 Å². The van der Waals surface area contributed by atoms with Gasteiger partial charge in [-0.2, -0.15) is 0 Å². The van der Waals surface area contributed by atoms with Gasteiger partial charge in [-0.15, -0.1) is 11.3 Å². The van der Waals surface area contributed by atoms with Gasteiger partial charge in [0.15, 0.2) is 0 Å². The van der Waals surface area contributed by atoms with Crippen molar-refractivity contribution in [2.75, 3.05) is 7.11 Å². The van der Waals surface area contributed by atoms with Gasteiger partial charge in [-0.1, -0.05) is 30.3 Å². The van der Waals surface area contributed by atoms with Crippen molar-refractivity contribution in [2.45, 2.75) is 6.61 Å². The van der Waals surface area contributed by atoms with Crippen molar-refractivity contribution in [3.8, 4) is 16.3 Å². The molecule has 24 heavy (non-hydrogen) atoms. The van der Waals surface area contributed by atoms with Crippen LogP contribution in [0.25, 0.3) is 10.6 Å². The Morgan fingerprint density at radius 3 is 2.71 bits per heavy atom. The van der Waals surface area contributed by atoms with Crippen molar-refractivity contribution in [1.82, 2.24) is 4.98 Å². The second-order valence-electron chi connectivity index (χ2n) is 4.93. The van der Waals surface area contributed by atoms with E-state index in [-0.39, 0.29) is 12.2 Å². The summed E-state index contributed by atoms with van der Waals surface area (Å²) in [6.45, 7) is -0.00631. The monoisotopic (exact) mass is 343 g/mol. The molecule has 0 spiro atoms. The Morgan fingerprint density at radius 1 is 1.21 bits per heavy atom. The van der Waals surface area contributed by atoms with Gasteiger partial charge in [-0.3, -0.25) is 0 Å². The zero-order chi connectivity index (χ0) is 16.9. The lowest BCUT2D eigenvalue weighted by molar-refractivity contribution is 0.0463. The Kier molecular flexibility index (Phi) is 4.86. The molecule has 1 aromatic heterocycles. The van der Waals surface area contributed by atoms with Crippen LogP contribution < -0.4 is 4.74 Å². The average molecular weight is 343 g/mol. The average Bonchev–Trinajstić information content (AvgIpc) is 3.09. The van der Waals surface area contributed by atoms with E-state index in [0.29, 0.717) is 11.4 Å². The van der Waals surface area contributed by atoms with Crippen LogP contribution in [0.3, 0.4) is 0 Å². The van der Waals surface area contributed by atoms with Gasteiger partial charge in [0, 0.05) is 17.0 Å². The van der Waals surface area contributed by atoms with Crippen molar-refractivity contribution in [2.24, 2.45) is 0 Å².